The van der Waals surface area contributed by atoms with Crippen LogP contribution in [0.25, 0.3) is 0 Å². The zero-order valence-corrected chi connectivity index (χ0v) is 18.0. The number of ether oxygens (including phenoxy) is 2. The molecule has 2 heterocycles. The number of anilines is 1. The van der Waals surface area contributed by atoms with Crippen molar-refractivity contribution in [2.45, 2.75) is 26.2 Å². The molecule has 0 aliphatic heterocycles. The number of hydrogen-bond acceptors (Lipinski definition) is 7. The number of methoxy groups -OCH3 is 2. The van der Waals surface area contributed by atoms with E-state index in [0.717, 1.165) is 12.0 Å². The summed E-state index contributed by atoms with van der Waals surface area (Å²) in [6.45, 7) is 1.80. The fourth-order valence-electron chi connectivity index (χ4n) is 3.66. The Morgan fingerprint density at radius 3 is 2.66 bits per heavy atom. The molecule has 1 aliphatic rings. The van der Waals surface area contributed by atoms with Crippen molar-refractivity contribution in [1.29, 1.82) is 0 Å². The molecule has 1 aliphatic carbocycles. The first kappa shape index (κ1) is 21.2. The van der Waals surface area contributed by atoms with Crippen molar-refractivity contribution < 1.29 is 27.9 Å². The van der Waals surface area contributed by atoms with Crippen molar-refractivity contribution in [3.63, 3.8) is 0 Å². The Morgan fingerprint density at radius 1 is 1.09 bits per heavy atom. The molecular weight excluding hydrogens is 414 g/mol. The van der Waals surface area contributed by atoms with E-state index in [-0.39, 0.29) is 11.5 Å². The van der Waals surface area contributed by atoms with Crippen LogP contribution in [-0.2, 0) is 6.42 Å². The Labute approximate surface area is 184 Å². The van der Waals surface area contributed by atoms with E-state index in [0.29, 0.717) is 47.1 Å². The van der Waals surface area contributed by atoms with E-state index in [1.165, 1.54) is 13.4 Å². The van der Waals surface area contributed by atoms with Crippen LogP contribution in [0.1, 0.15) is 50.8 Å². The van der Waals surface area contributed by atoms with Crippen molar-refractivity contribution in [3.8, 4) is 11.5 Å². The van der Waals surface area contributed by atoms with Gasteiger partial charge in [0.15, 0.2) is 11.5 Å². The number of furan rings is 2. The van der Waals surface area contributed by atoms with E-state index in [9.17, 15) is 9.59 Å². The molecule has 166 valence electrons. The summed E-state index contributed by atoms with van der Waals surface area (Å²) in [4.78, 5) is 25.1. The number of benzene rings is 1. The van der Waals surface area contributed by atoms with Gasteiger partial charge in [-0.25, -0.2) is 5.43 Å². The molecule has 3 aromatic rings. The first-order chi connectivity index (χ1) is 15.5. The van der Waals surface area contributed by atoms with Gasteiger partial charge in [0, 0.05) is 23.6 Å². The van der Waals surface area contributed by atoms with Gasteiger partial charge in [-0.3, -0.25) is 9.59 Å². The predicted octanol–water partition coefficient (Wildman–Crippen LogP) is 3.92. The number of amides is 2. The van der Waals surface area contributed by atoms with Crippen LogP contribution in [0, 0.1) is 6.92 Å². The van der Waals surface area contributed by atoms with Gasteiger partial charge in [0.1, 0.15) is 17.3 Å². The normalized spacial score (nSPS) is 14.0. The fourth-order valence-corrected chi connectivity index (χ4v) is 3.66. The molecule has 0 spiro atoms. The molecule has 32 heavy (non-hydrogen) atoms. The summed E-state index contributed by atoms with van der Waals surface area (Å²) in [6, 6.07) is 8.29. The predicted molar refractivity (Wildman–Crippen MR) is 117 cm³/mol. The molecule has 4 rings (SSSR count). The third-order valence-corrected chi connectivity index (χ3v) is 5.23. The van der Waals surface area contributed by atoms with Gasteiger partial charge in [0.2, 0.25) is 0 Å². The average Bonchev–Trinajstić information content (AvgIpc) is 3.46. The summed E-state index contributed by atoms with van der Waals surface area (Å²) in [6.07, 6.45) is 3.55. The Bertz CT molecular complexity index is 1180. The van der Waals surface area contributed by atoms with Crippen molar-refractivity contribution in [1.82, 2.24) is 5.43 Å². The molecule has 2 aromatic heterocycles. The Kier molecular flexibility index (Phi) is 5.98. The molecule has 0 radical (unpaired) electrons. The number of fused-ring (bicyclic) bond motifs is 1. The van der Waals surface area contributed by atoms with Gasteiger partial charge in [0.25, 0.3) is 5.91 Å². The number of hydrogen-bond donors (Lipinski definition) is 2. The Hall–Kier alpha value is -4.01. The van der Waals surface area contributed by atoms with Crippen LogP contribution >= 0.6 is 0 Å². The Balaban J connectivity index is 1.58. The van der Waals surface area contributed by atoms with Gasteiger partial charge in [-0.1, -0.05) is 0 Å². The third kappa shape index (κ3) is 4.09. The molecule has 2 amide bonds. The van der Waals surface area contributed by atoms with E-state index in [2.05, 4.69) is 15.8 Å². The van der Waals surface area contributed by atoms with Gasteiger partial charge in [0.05, 0.1) is 31.9 Å². The van der Waals surface area contributed by atoms with Gasteiger partial charge in [-0.2, -0.15) is 5.10 Å². The second-order valence-corrected chi connectivity index (χ2v) is 7.20. The maximum atomic E-state index is 13.0. The monoisotopic (exact) mass is 437 g/mol. The van der Waals surface area contributed by atoms with Crippen molar-refractivity contribution in [2.24, 2.45) is 5.10 Å². The van der Waals surface area contributed by atoms with Gasteiger partial charge >= 0.3 is 5.91 Å². The zero-order chi connectivity index (χ0) is 22.7. The minimum absolute atomic E-state index is 0.169. The van der Waals surface area contributed by atoms with Gasteiger partial charge in [-0.15, -0.1) is 0 Å². The topological polar surface area (TPSA) is 115 Å². The van der Waals surface area contributed by atoms with E-state index in [1.54, 1.807) is 44.4 Å². The van der Waals surface area contributed by atoms with Crippen LogP contribution in [0.4, 0.5) is 5.69 Å². The average molecular weight is 437 g/mol. The minimum Gasteiger partial charge on any atom is -0.497 e. The quantitative estimate of drug-likeness (QED) is 0.565. The van der Waals surface area contributed by atoms with Crippen molar-refractivity contribution in [3.05, 3.63) is 65.0 Å². The van der Waals surface area contributed by atoms with Crippen LogP contribution in [0.3, 0.4) is 0 Å². The summed E-state index contributed by atoms with van der Waals surface area (Å²) >= 11 is 0. The largest absolute Gasteiger partial charge is 0.497 e. The highest BCUT2D eigenvalue weighted by molar-refractivity contribution is 6.09. The molecule has 1 aromatic carbocycles. The van der Waals surface area contributed by atoms with Gasteiger partial charge < -0.3 is 23.6 Å². The summed E-state index contributed by atoms with van der Waals surface area (Å²) in [7, 11) is 3.07. The van der Waals surface area contributed by atoms with Crippen molar-refractivity contribution in [2.75, 3.05) is 19.5 Å². The highest BCUT2D eigenvalue weighted by atomic mass is 16.5. The van der Waals surface area contributed by atoms with Crippen LogP contribution in [0.2, 0.25) is 0 Å². The highest BCUT2D eigenvalue weighted by Gasteiger charge is 2.28. The molecule has 0 fully saturated rings. The molecule has 2 N–H and O–H groups in total. The number of nitrogens with one attached hydrogen (secondary N) is 2. The summed E-state index contributed by atoms with van der Waals surface area (Å²) in [5, 5.41) is 7.10. The summed E-state index contributed by atoms with van der Waals surface area (Å²) < 4.78 is 21.5. The number of carbonyl (C=O) groups is 2. The highest BCUT2D eigenvalue weighted by Crippen LogP contribution is 2.32. The fraction of sp³-hybridized carbons (Fsp3) is 0.261. The van der Waals surface area contributed by atoms with Crippen LogP contribution in [0.5, 0.6) is 11.5 Å². The minimum atomic E-state index is -0.444. The first-order valence-corrected chi connectivity index (χ1v) is 10.1. The van der Waals surface area contributed by atoms with E-state index >= 15 is 0 Å². The number of nitrogens with zero attached hydrogens (tertiary/aromatic N) is 1. The smallest absolute Gasteiger partial charge is 0.307 e. The second-order valence-electron chi connectivity index (χ2n) is 7.20. The number of rotatable bonds is 6. The lowest BCUT2D eigenvalue weighted by atomic mass is 9.93. The van der Waals surface area contributed by atoms with Crippen LogP contribution in [-0.4, -0.2) is 31.7 Å². The molecule has 0 saturated heterocycles. The molecule has 0 unspecified atom stereocenters. The summed E-state index contributed by atoms with van der Waals surface area (Å²) in [5.74, 6) is 1.27. The van der Waals surface area contributed by atoms with E-state index < -0.39 is 11.8 Å². The SMILES string of the molecule is COc1ccc(NC(=O)c2oc3c(c2C)/C(=N/NC(=O)c2ccco2)CCC3)c(OC)c1. The van der Waals surface area contributed by atoms with Crippen LogP contribution < -0.4 is 20.2 Å². The Morgan fingerprint density at radius 2 is 1.94 bits per heavy atom. The lowest BCUT2D eigenvalue weighted by molar-refractivity contribution is 0.0926. The van der Waals surface area contributed by atoms with Crippen molar-refractivity contribution >= 4 is 23.2 Å². The number of hydrazone groups is 1. The molecule has 9 heteroatoms. The van der Waals surface area contributed by atoms with E-state index in [1.807, 2.05) is 0 Å². The molecule has 9 nitrogen and oxygen atoms in total. The lowest BCUT2D eigenvalue weighted by Gasteiger charge is -2.13. The molecular formula is C23H23N3O6. The number of aryl methyl sites for hydroxylation is 1. The van der Waals surface area contributed by atoms with E-state index in [4.69, 9.17) is 18.3 Å². The summed E-state index contributed by atoms with van der Waals surface area (Å²) in [5.41, 5.74) is 5.08. The van der Waals surface area contributed by atoms with Crippen LogP contribution in [0.15, 0.2) is 50.5 Å². The second kappa shape index (κ2) is 9.01. The zero-order valence-electron chi connectivity index (χ0n) is 18.0. The maximum Gasteiger partial charge on any atom is 0.307 e. The molecule has 0 atom stereocenters. The molecule has 0 bridgehead atoms. The first-order valence-electron chi connectivity index (χ1n) is 10.1. The third-order valence-electron chi connectivity index (χ3n) is 5.23. The number of carbonyl (C=O) groups excluding carboxylic acids is 2. The lowest BCUT2D eigenvalue weighted by Crippen LogP contribution is -2.21. The molecule has 0 saturated carbocycles. The maximum absolute atomic E-state index is 13.0. The standard InChI is InChI=1S/C23H23N3O6/c1-13-20-16(25-26-22(27)18-8-5-11-31-18)6-4-7-17(20)32-21(13)23(28)24-15-10-9-14(29-2)12-19(15)30-3/h5,8-12H,4,6-7H2,1-3H3,(H,24,28)(H,26,27)/b25-16+. The van der Waals surface area contributed by atoms with Gasteiger partial charge in [-0.05, 0) is 44.0 Å².